The summed E-state index contributed by atoms with van der Waals surface area (Å²) in [4.78, 5) is 26.6. The van der Waals surface area contributed by atoms with Gasteiger partial charge >= 0.3 is 0 Å². The fraction of sp³-hybridized carbons (Fsp3) is 0.692. The lowest BCUT2D eigenvalue weighted by Crippen LogP contribution is -2.42. The van der Waals surface area contributed by atoms with Gasteiger partial charge in [0.1, 0.15) is 0 Å². The topological polar surface area (TPSA) is 95.6 Å². The predicted octanol–water partition coefficient (Wildman–Crippen LogP) is 3.76. The van der Waals surface area contributed by atoms with Crippen LogP contribution in [0.5, 0.6) is 0 Å². The molecular weight excluding hydrogens is 450 g/mol. The maximum absolute atomic E-state index is 12.9. The van der Waals surface area contributed by atoms with E-state index in [4.69, 9.17) is 0 Å². The number of hydrogen-bond donors (Lipinski definition) is 2. The number of nitrogens with one attached hydrogen (secondary N) is 2. The molecule has 0 bridgehead atoms. The molecule has 0 aromatic heterocycles. The second-order valence-electron chi connectivity index (χ2n) is 10.8. The van der Waals surface area contributed by atoms with Gasteiger partial charge in [0.2, 0.25) is 21.8 Å². The highest BCUT2D eigenvalue weighted by Crippen LogP contribution is 2.34. The van der Waals surface area contributed by atoms with Gasteiger partial charge in [-0.3, -0.25) is 9.59 Å². The van der Waals surface area contributed by atoms with Crippen molar-refractivity contribution < 1.29 is 18.0 Å². The van der Waals surface area contributed by atoms with E-state index in [-0.39, 0.29) is 34.6 Å². The third-order valence-electron chi connectivity index (χ3n) is 8.06. The number of rotatable bonds is 6. The number of carbonyl (C=O) groups is 2. The van der Waals surface area contributed by atoms with Gasteiger partial charge < -0.3 is 10.2 Å². The molecule has 2 aliphatic carbocycles. The summed E-state index contributed by atoms with van der Waals surface area (Å²) in [5.41, 5.74) is 1.70. The van der Waals surface area contributed by atoms with Crippen molar-refractivity contribution in [3.05, 3.63) is 23.8 Å². The monoisotopic (exact) mass is 489 g/mol. The van der Waals surface area contributed by atoms with Crippen molar-refractivity contribution in [2.24, 2.45) is 17.8 Å². The van der Waals surface area contributed by atoms with Gasteiger partial charge in [0.15, 0.2) is 0 Å². The van der Waals surface area contributed by atoms with Crippen LogP contribution in [-0.4, -0.2) is 38.9 Å². The first-order chi connectivity index (χ1) is 16.1. The zero-order valence-corrected chi connectivity index (χ0v) is 21.5. The van der Waals surface area contributed by atoms with Gasteiger partial charge in [0, 0.05) is 37.2 Å². The number of amides is 2. The van der Waals surface area contributed by atoms with Crippen LogP contribution in [0.3, 0.4) is 0 Å². The largest absolute Gasteiger partial charge is 0.353 e. The smallest absolute Gasteiger partial charge is 0.240 e. The first-order valence-electron chi connectivity index (χ1n) is 12.9. The summed E-state index contributed by atoms with van der Waals surface area (Å²) in [5.74, 6) is 1.22. The summed E-state index contributed by atoms with van der Waals surface area (Å²) in [7, 11) is -3.62. The molecule has 1 aromatic carbocycles. The molecule has 1 atom stereocenters. The van der Waals surface area contributed by atoms with Gasteiger partial charge in [-0.15, -0.1) is 0 Å². The number of carbonyl (C=O) groups excluding carboxylic acids is 2. The minimum atomic E-state index is -3.62. The molecule has 2 N–H and O–H groups in total. The van der Waals surface area contributed by atoms with E-state index >= 15 is 0 Å². The lowest BCUT2D eigenvalue weighted by molar-refractivity contribution is -0.127. The minimum Gasteiger partial charge on any atom is -0.353 e. The van der Waals surface area contributed by atoms with E-state index in [1.54, 1.807) is 23.1 Å². The summed E-state index contributed by atoms with van der Waals surface area (Å²) in [6, 6.07) is 5.39. The molecule has 0 radical (unpaired) electrons. The molecule has 1 heterocycles. The number of fused-ring (bicyclic) bond motifs is 1. The Morgan fingerprint density at radius 2 is 1.68 bits per heavy atom. The highest BCUT2D eigenvalue weighted by molar-refractivity contribution is 7.89. The summed E-state index contributed by atoms with van der Waals surface area (Å²) in [5, 5.41) is 3.26. The summed E-state index contributed by atoms with van der Waals surface area (Å²) >= 11 is 0. The Morgan fingerprint density at radius 3 is 2.32 bits per heavy atom. The van der Waals surface area contributed by atoms with Crippen molar-refractivity contribution in [1.29, 1.82) is 0 Å². The standard InChI is InChI=1S/C26H39N3O4S/c1-17-4-10-23(11-5-17)28-26(31)21-8-6-20(7-9-21)16-27-34(32,33)24-12-13-25-22(15-24)14-18(2)29(25)19(3)30/h12-13,15,17-18,20-21,23,27H,4-11,14,16H2,1-3H3,(H,28,31)/t17?,18-,20?,21?,23?/m0/s1. The second-order valence-corrected chi connectivity index (χ2v) is 12.5. The van der Waals surface area contributed by atoms with Crippen LogP contribution in [0.25, 0.3) is 0 Å². The van der Waals surface area contributed by atoms with E-state index in [0.717, 1.165) is 55.7 Å². The van der Waals surface area contributed by atoms with Crippen molar-refractivity contribution in [1.82, 2.24) is 10.0 Å². The molecule has 0 saturated heterocycles. The van der Waals surface area contributed by atoms with E-state index in [9.17, 15) is 18.0 Å². The van der Waals surface area contributed by atoms with Crippen LogP contribution < -0.4 is 14.9 Å². The van der Waals surface area contributed by atoms with Gasteiger partial charge in [-0.05, 0) is 100 Å². The van der Waals surface area contributed by atoms with Crippen LogP contribution >= 0.6 is 0 Å². The number of hydrogen-bond acceptors (Lipinski definition) is 4. The zero-order chi connectivity index (χ0) is 24.5. The number of sulfonamides is 1. The molecular formula is C26H39N3O4S. The lowest BCUT2D eigenvalue weighted by Gasteiger charge is -2.31. The lowest BCUT2D eigenvalue weighted by atomic mass is 9.81. The molecule has 0 unspecified atom stereocenters. The van der Waals surface area contributed by atoms with Crippen LogP contribution in [0, 0.1) is 17.8 Å². The van der Waals surface area contributed by atoms with E-state index in [1.807, 2.05) is 6.92 Å². The Hall–Kier alpha value is -1.93. The molecule has 4 rings (SSSR count). The summed E-state index contributed by atoms with van der Waals surface area (Å²) in [6.07, 6.45) is 8.56. The van der Waals surface area contributed by atoms with Crippen molar-refractivity contribution in [2.75, 3.05) is 11.4 Å². The van der Waals surface area contributed by atoms with Crippen molar-refractivity contribution >= 4 is 27.5 Å². The molecule has 1 aromatic rings. The molecule has 8 heteroatoms. The highest BCUT2D eigenvalue weighted by Gasteiger charge is 2.32. The Labute approximate surface area is 204 Å². The van der Waals surface area contributed by atoms with Crippen molar-refractivity contribution in [2.45, 2.75) is 95.5 Å². The first-order valence-corrected chi connectivity index (χ1v) is 14.3. The maximum Gasteiger partial charge on any atom is 0.240 e. The Bertz CT molecular complexity index is 1010. The fourth-order valence-corrected chi connectivity index (χ4v) is 7.08. The van der Waals surface area contributed by atoms with Crippen LogP contribution in [0.1, 0.15) is 77.7 Å². The predicted molar refractivity (Wildman–Crippen MR) is 133 cm³/mol. The molecule has 2 fully saturated rings. The molecule has 2 saturated carbocycles. The quantitative estimate of drug-likeness (QED) is 0.636. The molecule has 3 aliphatic rings. The van der Waals surface area contributed by atoms with Crippen LogP contribution in [0.15, 0.2) is 23.1 Å². The fourth-order valence-electron chi connectivity index (χ4n) is 5.92. The van der Waals surface area contributed by atoms with Gasteiger partial charge in [-0.1, -0.05) is 6.92 Å². The molecule has 0 spiro atoms. The minimum absolute atomic E-state index is 0.0300. The average Bonchev–Trinajstić information content (AvgIpc) is 3.14. The number of nitrogens with zero attached hydrogens (tertiary/aromatic N) is 1. The zero-order valence-electron chi connectivity index (χ0n) is 20.7. The summed E-state index contributed by atoms with van der Waals surface area (Å²) in [6.45, 7) is 6.18. The molecule has 34 heavy (non-hydrogen) atoms. The Kier molecular flexibility index (Phi) is 7.67. The highest BCUT2D eigenvalue weighted by atomic mass is 32.2. The third-order valence-corrected chi connectivity index (χ3v) is 9.48. The van der Waals surface area contributed by atoms with Crippen LogP contribution in [-0.2, 0) is 26.0 Å². The van der Waals surface area contributed by atoms with E-state index in [1.165, 1.54) is 19.8 Å². The van der Waals surface area contributed by atoms with E-state index in [0.29, 0.717) is 19.0 Å². The average molecular weight is 490 g/mol. The van der Waals surface area contributed by atoms with Crippen LogP contribution in [0.4, 0.5) is 5.69 Å². The molecule has 7 nitrogen and oxygen atoms in total. The van der Waals surface area contributed by atoms with Crippen LogP contribution in [0.2, 0.25) is 0 Å². The SMILES string of the molecule is CC(=O)N1c2ccc(S(=O)(=O)NCC3CCC(C(=O)NC4CCC(C)CC4)CC3)cc2C[C@@H]1C. The molecule has 1 aliphatic heterocycles. The second kappa shape index (κ2) is 10.4. The van der Waals surface area contributed by atoms with Gasteiger partial charge in [-0.2, -0.15) is 0 Å². The van der Waals surface area contributed by atoms with Gasteiger partial charge in [-0.25, -0.2) is 13.1 Å². The summed E-state index contributed by atoms with van der Waals surface area (Å²) < 4.78 is 28.7. The van der Waals surface area contributed by atoms with Crippen molar-refractivity contribution in [3.63, 3.8) is 0 Å². The maximum atomic E-state index is 12.9. The van der Waals surface area contributed by atoms with E-state index in [2.05, 4.69) is 17.0 Å². The first kappa shape index (κ1) is 25.2. The third kappa shape index (κ3) is 5.65. The van der Waals surface area contributed by atoms with Gasteiger partial charge in [0.25, 0.3) is 0 Å². The molecule has 2 amide bonds. The Balaban J connectivity index is 1.26. The number of anilines is 1. The Morgan fingerprint density at radius 1 is 1.00 bits per heavy atom. The molecule has 188 valence electrons. The normalized spacial score (nSPS) is 29.5. The van der Waals surface area contributed by atoms with E-state index < -0.39 is 10.0 Å². The van der Waals surface area contributed by atoms with Gasteiger partial charge in [0.05, 0.1) is 4.90 Å². The number of benzene rings is 1. The van der Waals surface area contributed by atoms with Crippen molar-refractivity contribution in [3.8, 4) is 0 Å².